The number of fused-ring (bicyclic) bond motifs is 1. The monoisotopic (exact) mass is 577 g/mol. The lowest BCUT2D eigenvalue weighted by molar-refractivity contribution is -0.118. The number of hydrogen-bond acceptors (Lipinski definition) is 6. The number of halogens is 1. The van der Waals surface area contributed by atoms with Crippen molar-refractivity contribution in [2.24, 2.45) is 5.41 Å². The maximum Gasteiger partial charge on any atom is 0.277 e. The molecule has 1 aromatic heterocycles. The molecule has 0 fully saturated rings. The Bertz CT molecular complexity index is 1770. The number of phenols is 1. The quantitative estimate of drug-likeness (QED) is 0.243. The molecule has 1 amide bonds. The molecule has 0 unspecified atom stereocenters. The average Bonchev–Trinajstić information content (AvgIpc) is 3.11. The average molecular weight is 578 g/mol. The molecule has 2 N–H and O–H groups in total. The standard InChI is InChI=1S/C35H32FN3O4/c1-21-9-7-12-26(37-21)34(42)39-28-13-8-14-29(40)32(28)38-27-18-35(2,3)19-30(41)31(27)33(39)24-16-15-23(17-25(24)36)43-20-22-10-5-4-6-11-22/h4-17,33,38,40H,18-20H2,1-3H3/t33-/m0/s1. The zero-order valence-electron chi connectivity index (χ0n) is 24.2. The number of para-hydroxylation sites is 1. The van der Waals surface area contributed by atoms with Gasteiger partial charge in [-0.1, -0.05) is 56.3 Å². The van der Waals surface area contributed by atoms with Crippen LogP contribution in [-0.4, -0.2) is 21.8 Å². The summed E-state index contributed by atoms with van der Waals surface area (Å²) >= 11 is 0. The number of benzene rings is 3. The summed E-state index contributed by atoms with van der Waals surface area (Å²) in [6.45, 7) is 6.01. The van der Waals surface area contributed by atoms with Gasteiger partial charge in [0.2, 0.25) is 0 Å². The number of aryl methyl sites for hydroxylation is 1. The summed E-state index contributed by atoms with van der Waals surface area (Å²) in [7, 11) is 0. The van der Waals surface area contributed by atoms with Gasteiger partial charge in [-0.25, -0.2) is 9.37 Å². The van der Waals surface area contributed by atoms with Gasteiger partial charge in [0.25, 0.3) is 5.91 Å². The lowest BCUT2D eigenvalue weighted by Gasteiger charge is -2.37. The molecule has 7 nitrogen and oxygen atoms in total. The third-order valence-corrected chi connectivity index (χ3v) is 7.85. The van der Waals surface area contributed by atoms with Gasteiger partial charge in [0.15, 0.2) is 5.78 Å². The Morgan fingerprint density at radius 3 is 2.56 bits per heavy atom. The summed E-state index contributed by atoms with van der Waals surface area (Å²) in [5.41, 5.74) is 2.86. The van der Waals surface area contributed by atoms with Gasteiger partial charge in [0.1, 0.15) is 35.3 Å². The third kappa shape index (κ3) is 5.48. The summed E-state index contributed by atoms with van der Waals surface area (Å²) in [4.78, 5) is 34.2. The molecule has 1 aliphatic heterocycles. The van der Waals surface area contributed by atoms with Gasteiger partial charge in [-0.05, 0) is 60.7 Å². The predicted molar refractivity (Wildman–Crippen MR) is 162 cm³/mol. The van der Waals surface area contributed by atoms with Crippen molar-refractivity contribution < 1.29 is 23.8 Å². The van der Waals surface area contributed by atoms with Gasteiger partial charge in [0.05, 0.1) is 11.7 Å². The first-order valence-electron chi connectivity index (χ1n) is 14.2. The Kier molecular flexibility index (Phi) is 7.22. The second kappa shape index (κ2) is 11.0. The fourth-order valence-corrected chi connectivity index (χ4v) is 5.91. The predicted octanol–water partition coefficient (Wildman–Crippen LogP) is 7.27. The van der Waals surface area contributed by atoms with Crippen molar-refractivity contribution in [1.29, 1.82) is 0 Å². The van der Waals surface area contributed by atoms with Crippen LogP contribution in [0.25, 0.3) is 0 Å². The molecule has 0 radical (unpaired) electrons. The van der Waals surface area contributed by atoms with Crippen molar-refractivity contribution in [2.75, 3.05) is 10.2 Å². The zero-order chi connectivity index (χ0) is 30.3. The number of allylic oxidation sites excluding steroid dienone is 1. The molecule has 8 heteroatoms. The Hall–Kier alpha value is -4.98. The topological polar surface area (TPSA) is 91.8 Å². The van der Waals surface area contributed by atoms with E-state index < -0.39 is 17.8 Å². The molecule has 6 rings (SSSR count). The lowest BCUT2D eigenvalue weighted by Crippen LogP contribution is -2.40. The first-order valence-corrected chi connectivity index (χ1v) is 14.2. The van der Waals surface area contributed by atoms with Gasteiger partial charge in [-0.15, -0.1) is 0 Å². The van der Waals surface area contributed by atoms with Gasteiger partial charge >= 0.3 is 0 Å². The highest BCUT2D eigenvalue weighted by Crippen LogP contribution is 2.51. The number of nitrogens with zero attached hydrogens (tertiary/aromatic N) is 2. The number of nitrogens with one attached hydrogen (secondary N) is 1. The first-order chi connectivity index (χ1) is 20.6. The number of aromatic nitrogens is 1. The van der Waals surface area contributed by atoms with E-state index in [9.17, 15) is 14.7 Å². The highest BCUT2D eigenvalue weighted by molar-refractivity contribution is 6.11. The largest absolute Gasteiger partial charge is 0.506 e. The summed E-state index contributed by atoms with van der Waals surface area (Å²) in [6.07, 6.45) is 0.680. The Balaban J connectivity index is 1.53. The van der Waals surface area contributed by atoms with Crippen molar-refractivity contribution in [3.8, 4) is 11.5 Å². The normalized spacial score (nSPS) is 17.4. The van der Waals surface area contributed by atoms with Crippen LogP contribution < -0.4 is 15.0 Å². The van der Waals surface area contributed by atoms with Crippen molar-refractivity contribution in [3.63, 3.8) is 0 Å². The SMILES string of the molecule is Cc1cccc(C(=O)N2c3cccc(O)c3NC3=C(C(=O)CC(C)(C)C3)[C@@H]2c2ccc(OCc3ccccc3)cc2F)n1. The number of ketones is 1. The number of rotatable bonds is 5. The number of amides is 1. The van der Waals surface area contributed by atoms with E-state index in [2.05, 4.69) is 10.3 Å². The Morgan fingerprint density at radius 1 is 1.05 bits per heavy atom. The van der Waals surface area contributed by atoms with E-state index in [0.29, 0.717) is 29.2 Å². The van der Waals surface area contributed by atoms with Crippen molar-refractivity contribution >= 4 is 23.1 Å². The van der Waals surface area contributed by atoms with Crippen molar-refractivity contribution in [1.82, 2.24) is 4.98 Å². The maximum atomic E-state index is 16.3. The molecule has 0 bridgehead atoms. The minimum absolute atomic E-state index is 0.0963. The van der Waals surface area contributed by atoms with Gasteiger partial charge in [0, 0.05) is 35.0 Å². The molecule has 3 aromatic carbocycles. The van der Waals surface area contributed by atoms with Crippen LogP contribution in [-0.2, 0) is 11.4 Å². The smallest absolute Gasteiger partial charge is 0.277 e. The number of ether oxygens (including phenoxy) is 1. The van der Waals surface area contributed by atoms with E-state index in [1.54, 1.807) is 49.4 Å². The molecular formula is C35H32FN3O4. The second-order valence-corrected chi connectivity index (χ2v) is 11.8. The molecule has 0 saturated carbocycles. The number of Topliss-reactive ketones (excluding diaryl/α,β-unsaturated/α-hetero) is 1. The van der Waals surface area contributed by atoms with Gasteiger partial charge < -0.3 is 15.2 Å². The third-order valence-electron chi connectivity index (χ3n) is 7.85. The number of carbonyl (C=O) groups excluding carboxylic acids is 2. The van der Waals surface area contributed by atoms with E-state index in [4.69, 9.17) is 4.74 Å². The molecular weight excluding hydrogens is 545 g/mol. The van der Waals surface area contributed by atoms with Crippen LogP contribution in [0.4, 0.5) is 15.8 Å². The van der Waals surface area contributed by atoms with Crippen LogP contribution in [0.3, 0.4) is 0 Å². The number of anilines is 2. The Morgan fingerprint density at radius 2 is 1.81 bits per heavy atom. The minimum Gasteiger partial charge on any atom is -0.506 e. The molecule has 0 saturated heterocycles. The minimum atomic E-state index is -1.13. The first kappa shape index (κ1) is 28.2. The van der Waals surface area contributed by atoms with Gasteiger partial charge in [-0.2, -0.15) is 0 Å². The fourth-order valence-electron chi connectivity index (χ4n) is 5.91. The number of carbonyl (C=O) groups is 2. The zero-order valence-corrected chi connectivity index (χ0v) is 24.2. The molecule has 218 valence electrons. The number of hydrogen-bond donors (Lipinski definition) is 2. The van der Waals surface area contributed by atoms with Crippen LogP contribution in [0, 0.1) is 18.2 Å². The lowest BCUT2D eigenvalue weighted by atomic mass is 9.73. The summed E-state index contributed by atoms with van der Waals surface area (Å²) in [5.74, 6) is -1.13. The second-order valence-electron chi connectivity index (χ2n) is 11.8. The molecule has 4 aromatic rings. The number of phenolic OH excluding ortho intramolecular Hbond substituents is 1. The fraction of sp³-hybridized carbons (Fsp3) is 0.229. The van der Waals surface area contributed by atoms with Crippen LogP contribution in [0.1, 0.15) is 60.0 Å². The molecule has 1 atom stereocenters. The van der Waals surface area contributed by atoms with Crippen molar-refractivity contribution in [3.05, 3.63) is 125 Å². The summed E-state index contributed by atoms with van der Waals surface area (Å²) in [6, 6.07) is 22.8. The van der Waals surface area contributed by atoms with E-state index in [0.717, 1.165) is 5.56 Å². The van der Waals surface area contributed by atoms with Crippen LogP contribution >= 0.6 is 0 Å². The molecule has 2 heterocycles. The van der Waals surface area contributed by atoms with E-state index in [1.165, 1.54) is 17.0 Å². The van der Waals surface area contributed by atoms with E-state index in [1.807, 2.05) is 44.2 Å². The highest BCUT2D eigenvalue weighted by atomic mass is 19.1. The Labute approximate surface area is 249 Å². The molecule has 43 heavy (non-hydrogen) atoms. The maximum absolute atomic E-state index is 16.3. The highest BCUT2D eigenvalue weighted by Gasteiger charge is 2.45. The number of pyridine rings is 1. The van der Waals surface area contributed by atoms with Crippen LogP contribution in [0.15, 0.2) is 96.2 Å². The van der Waals surface area contributed by atoms with Gasteiger partial charge in [-0.3, -0.25) is 14.5 Å². The van der Waals surface area contributed by atoms with Crippen molar-refractivity contribution in [2.45, 2.75) is 46.3 Å². The summed E-state index contributed by atoms with van der Waals surface area (Å²) < 4.78 is 22.1. The van der Waals surface area contributed by atoms with E-state index in [-0.39, 0.29) is 52.5 Å². The molecule has 1 aliphatic carbocycles. The van der Waals surface area contributed by atoms with Crippen LogP contribution in [0.2, 0.25) is 0 Å². The summed E-state index contributed by atoms with van der Waals surface area (Å²) in [5, 5.41) is 14.2. The van der Waals surface area contributed by atoms with Crippen LogP contribution in [0.5, 0.6) is 11.5 Å². The van der Waals surface area contributed by atoms with E-state index >= 15 is 4.39 Å². The number of aromatic hydroxyl groups is 1. The molecule has 0 spiro atoms. The molecule has 2 aliphatic rings.